The van der Waals surface area contributed by atoms with Gasteiger partial charge in [0, 0.05) is 12.6 Å². The monoisotopic (exact) mass is 276 g/mol. The van der Waals surface area contributed by atoms with Crippen molar-refractivity contribution in [2.45, 2.75) is 39.2 Å². The summed E-state index contributed by atoms with van der Waals surface area (Å²) < 4.78 is 0. The first-order valence-corrected chi connectivity index (χ1v) is 7.44. The highest BCUT2D eigenvalue weighted by molar-refractivity contribution is 5.97. The van der Waals surface area contributed by atoms with E-state index in [9.17, 15) is 9.90 Å². The van der Waals surface area contributed by atoms with Gasteiger partial charge in [-0.05, 0) is 51.4 Å². The summed E-state index contributed by atoms with van der Waals surface area (Å²) in [5.74, 6) is 0.0376. The largest absolute Gasteiger partial charge is 0.507 e. The summed E-state index contributed by atoms with van der Waals surface area (Å²) in [4.78, 5) is 14.7. The highest BCUT2D eigenvalue weighted by Gasteiger charge is 2.26. The molecule has 1 fully saturated rings. The van der Waals surface area contributed by atoms with Crippen LogP contribution in [0, 0.1) is 6.92 Å². The molecule has 2 N–H and O–H groups in total. The molecule has 0 atom stereocenters. The zero-order valence-electron chi connectivity index (χ0n) is 12.4. The maximum atomic E-state index is 12.8. The van der Waals surface area contributed by atoms with Gasteiger partial charge < -0.3 is 15.3 Å². The predicted molar refractivity (Wildman–Crippen MR) is 80.1 cm³/mol. The minimum absolute atomic E-state index is 0.0417. The molecule has 0 unspecified atom stereocenters. The molecule has 0 aliphatic carbocycles. The standard InChI is InChI=1S/C16H24N2O2/c1-3-10-18(13-6-8-17-9-7-13)16(20)14-11-12(2)4-5-15(14)19/h4-5,11,13,17,19H,3,6-10H2,1-2H3. The Bertz CT molecular complexity index is 468. The fourth-order valence-electron chi connectivity index (χ4n) is 2.79. The first-order chi connectivity index (χ1) is 9.63. The Morgan fingerprint density at radius 2 is 2.10 bits per heavy atom. The van der Waals surface area contributed by atoms with E-state index in [1.807, 2.05) is 17.9 Å². The maximum Gasteiger partial charge on any atom is 0.257 e. The fraction of sp³-hybridized carbons (Fsp3) is 0.562. The van der Waals surface area contributed by atoms with Crippen LogP contribution in [-0.4, -0.2) is 41.6 Å². The Labute approximate surface area is 120 Å². The Morgan fingerprint density at radius 3 is 2.75 bits per heavy atom. The van der Waals surface area contributed by atoms with Crippen molar-refractivity contribution >= 4 is 5.91 Å². The number of aryl methyl sites for hydroxylation is 1. The van der Waals surface area contributed by atoms with Gasteiger partial charge in [-0.3, -0.25) is 4.79 Å². The van der Waals surface area contributed by atoms with E-state index in [0.29, 0.717) is 5.56 Å². The minimum atomic E-state index is -0.0417. The van der Waals surface area contributed by atoms with Crippen molar-refractivity contribution in [3.8, 4) is 5.75 Å². The number of nitrogens with zero attached hydrogens (tertiary/aromatic N) is 1. The number of phenols is 1. The molecule has 1 saturated heterocycles. The molecule has 1 heterocycles. The molecule has 1 aliphatic heterocycles. The Balaban J connectivity index is 2.23. The molecule has 2 rings (SSSR count). The Morgan fingerprint density at radius 1 is 1.40 bits per heavy atom. The molecule has 110 valence electrons. The van der Waals surface area contributed by atoms with Crippen LogP contribution in [0.2, 0.25) is 0 Å². The van der Waals surface area contributed by atoms with Crippen LogP contribution in [0.3, 0.4) is 0 Å². The molecule has 1 aromatic rings. The lowest BCUT2D eigenvalue weighted by Crippen LogP contribution is -2.46. The van der Waals surface area contributed by atoms with Crippen molar-refractivity contribution in [2.24, 2.45) is 0 Å². The summed E-state index contributed by atoms with van der Waals surface area (Å²) in [6.45, 7) is 6.68. The van der Waals surface area contributed by atoms with Crippen molar-refractivity contribution in [3.05, 3.63) is 29.3 Å². The molecule has 1 aromatic carbocycles. The average Bonchev–Trinajstić information content (AvgIpc) is 2.47. The number of nitrogens with one attached hydrogen (secondary N) is 1. The van der Waals surface area contributed by atoms with Gasteiger partial charge in [0.2, 0.25) is 0 Å². The highest BCUT2D eigenvalue weighted by Crippen LogP contribution is 2.23. The highest BCUT2D eigenvalue weighted by atomic mass is 16.3. The van der Waals surface area contributed by atoms with E-state index in [2.05, 4.69) is 12.2 Å². The van der Waals surface area contributed by atoms with Crippen LogP contribution < -0.4 is 5.32 Å². The van der Waals surface area contributed by atoms with E-state index < -0.39 is 0 Å². The number of benzene rings is 1. The van der Waals surface area contributed by atoms with E-state index in [-0.39, 0.29) is 17.7 Å². The molecule has 0 aromatic heterocycles. The van der Waals surface area contributed by atoms with E-state index in [1.165, 1.54) is 0 Å². The zero-order chi connectivity index (χ0) is 14.5. The van der Waals surface area contributed by atoms with Crippen LogP contribution in [-0.2, 0) is 0 Å². The number of piperidine rings is 1. The lowest BCUT2D eigenvalue weighted by molar-refractivity contribution is 0.0639. The summed E-state index contributed by atoms with van der Waals surface area (Å²) in [5.41, 5.74) is 1.42. The summed E-state index contributed by atoms with van der Waals surface area (Å²) in [7, 11) is 0. The Hall–Kier alpha value is -1.55. The molecule has 0 saturated carbocycles. The fourth-order valence-corrected chi connectivity index (χ4v) is 2.79. The maximum absolute atomic E-state index is 12.8. The normalized spacial score (nSPS) is 16.1. The van der Waals surface area contributed by atoms with Crippen molar-refractivity contribution in [1.82, 2.24) is 10.2 Å². The summed E-state index contributed by atoms with van der Waals surface area (Å²) >= 11 is 0. The topological polar surface area (TPSA) is 52.6 Å². The second-order valence-electron chi connectivity index (χ2n) is 5.50. The number of hydrogen-bond donors (Lipinski definition) is 2. The molecule has 1 aliphatic rings. The number of aromatic hydroxyl groups is 1. The van der Waals surface area contributed by atoms with Crippen LogP contribution >= 0.6 is 0 Å². The van der Waals surface area contributed by atoms with E-state index >= 15 is 0 Å². The number of phenolic OH excluding ortho intramolecular Hbond substituents is 1. The SMILES string of the molecule is CCCN(C(=O)c1cc(C)ccc1O)C1CCNCC1. The molecule has 4 nitrogen and oxygen atoms in total. The molecule has 20 heavy (non-hydrogen) atoms. The third kappa shape index (κ3) is 3.31. The smallest absolute Gasteiger partial charge is 0.257 e. The predicted octanol–water partition coefficient (Wildman–Crippen LogP) is 2.30. The van der Waals surface area contributed by atoms with Gasteiger partial charge in [-0.2, -0.15) is 0 Å². The number of carbonyl (C=O) groups excluding carboxylic acids is 1. The summed E-state index contributed by atoms with van der Waals surface area (Å²) in [5, 5.41) is 13.3. The van der Waals surface area contributed by atoms with Crippen LogP contribution in [0.5, 0.6) is 5.75 Å². The second-order valence-corrected chi connectivity index (χ2v) is 5.50. The van der Waals surface area contributed by atoms with Gasteiger partial charge in [0.1, 0.15) is 5.75 Å². The first kappa shape index (κ1) is 14.9. The third-order valence-corrected chi connectivity index (χ3v) is 3.86. The van der Waals surface area contributed by atoms with Gasteiger partial charge in [-0.15, -0.1) is 0 Å². The quantitative estimate of drug-likeness (QED) is 0.887. The molecular formula is C16H24N2O2. The Kier molecular flexibility index (Phi) is 5.01. The number of rotatable bonds is 4. The second kappa shape index (κ2) is 6.75. The van der Waals surface area contributed by atoms with Crippen LogP contribution in [0.15, 0.2) is 18.2 Å². The molecule has 0 radical (unpaired) electrons. The lowest BCUT2D eigenvalue weighted by atomic mass is 10.0. The molecule has 0 bridgehead atoms. The van der Waals surface area contributed by atoms with Gasteiger partial charge >= 0.3 is 0 Å². The van der Waals surface area contributed by atoms with Gasteiger partial charge in [-0.25, -0.2) is 0 Å². The van der Waals surface area contributed by atoms with Crippen molar-refractivity contribution in [2.75, 3.05) is 19.6 Å². The van der Waals surface area contributed by atoms with Crippen LogP contribution in [0.1, 0.15) is 42.1 Å². The van der Waals surface area contributed by atoms with Gasteiger partial charge in [0.25, 0.3) is 5.91 Å². The molecular weight excluding hydrogens is 252 g/mol. The van der Waals surface area contributed by atoms with E-state index in [4.69, 9.17) is 0 Å². The van der Waals surface area contributed by atoms with Gasteiger partial charge in [0.05, 0.1) is 5.56 Å². The minimum Gasteiger partial charge on any atom is -0.507 e. The van der Waals surface area contributed by atoms with Crippen molar-refractivity contribution in [3.63, 3.8) is 0 Å². The number of carbonyl (C=O) groups is 1. The zero-order valence-corrected chi connectivity index (χ0v) is 12.4. The molecule has 1 amide bonds. The molecule has 4 heteroatoms. The lowest BCUT2D eigenvalue weighted by Gasteiger charge is -2.34. The number of hydrogen-bond acceptors (Lipinski definition) is 3. The van der Waals surface area contributed by atoms with Crippen molar-refractivity contribution in [1.29, 1.82) is 0 Å². The van der Waals surface area contributed by atoms with E-state index in [0.717, 1.165) is 44.5 Å². The van der Waals surface area contributed by atoms with E-state index in [1.54, 1.807) is 12.1 Å². The number of amides is 1. The summed E-state index contributed by atoms with van der Waals surface area (Å²) in [6, 6.07) is 5.49. The van der Waals surface area contributed by atoms with Crippen molar-refractivity contribution < 1.29 is 9.90 Å². The van der Waals surface area contributed by atoms with Gasteiger partial charge in [-0.1, -0.05) is 18.6 Å². The van der Waals surface area contributed by atoms with Crippen LogP contribution in [0.25, 0.3) is 0 Å². The molecule has 0 spiro atoms. The first-order valence-electron chi connectivity index (χ1n) is 7.44. The van der Waals surface area contributed by atoms with Crippen LogP contribution in [0.4, 0.5) is 0 Å². The summed E-state index contributed by atoms with van der Waals surface area (Å²) in [6.07, 6.45) is 2.90. The van der Waals surface area contributed by atoms with Gasteiger partial charge in [0.15, 0.2) is 0 Å². The average molecular weight is 276 g/mol. The third-order valence-electron chi connectivity index (χ3n) is 3.86.